The third-order valence-corrected chi connectivity index (χ3v) is 3.27. The van der Waals surface area contributed by atoms with Crippen molar-refractivity contribution in [3.05, 3.63) is 35.4 Å². The van der Waals surface area contributed by atoms with Gasteiger partial charge >= 0.3 is 0 Å². The molecule has 0 aliphatic heterocycles. The SMILES string of the molecule is CCN(CC)CCN(C)Cc1ccc(C)cc1. The largest absolute Gasteiger partial charge is 0.303 e. The number of benzene rings is 1. The Morgan fingerprint density at radius 2 is 1.53 bits per heavy atom. The van der Waals surface area contributed by atoms with E-state index in [0.717, 1.165) is 32.7 Å². The summed E-state index contributed by atoms with van der Waals surface area (Å²) in [6, 6.07) is 8.83. The Bertz CT molecular complexity index is 301. The summed E-state index contributed by atoms with van der Waals surface area (Å²) in [5, 5.41) is 0. The van der Waals surface area contributed by atoms with Crippen molar-refractivity contribution in [1.29, 1.82) is 0 Å². The van der Waals surface area contributed by atoms with Gasteiger partial charge in [0.2, 0.25) is 0 Å². The molecule has 96 valence electrons. The second kappa shape index (κ2) is 7.46. The number of hydrogen-bond donors (Lipinski definition) is 0. The Kier molecular flexibility index (Phi) is 6.23. The minimum Gasteiger partial charge on any atom is -0.303 e. The van der Waals surface area contributed by atoms with Crippen LogP contribution in [0.2, 0.25) is 0 Å². The number of nitrogens with zero attached hydrogens (tertiary/aromatic N) is 2. The highest BCUT2D eigenvalue weighted by Gasteiger charge is 2.03. The highest BCUT2D eigenvalue weighted by atomic mass is 15.2. The van der Waals surface area contributed by atoms with Gasteiger partial charge in [-0.25, -0.2) is 0 Å². The summed E-state index contributed by atoms with van der Waals surface area (Å²) in [6.45, 7) is 12.2. The highest BCUT2D eigenvalue weighted by molar-refractivity contribution is 5.21. The molecule has 1 rings (SSSR count). The Morgan fingerprint density at radius 1 is 0.941 bits per heavy atom. The van der Waals surface area contributed by atoms with E-state index in [2.05, 4.69) is 61.9 Å². The maximum absolute atomic E-state index is 2.46. The van der Waals surface area contributed by atoms with Crippen LogP contribution in [0.1, 0.15) is 25.0 Å². The molecule has 0 radical (unpaired) electrons. The molecule has 0 atom stereocenters. The van der Waals surface area contributed by atoms with Crippen LogP contribution in [0.15, 0.2) is 24.3 Å². The van der Waals surface area contributed by atoms with Gasteiger partial charge in [-0.2, -0.15) is 0 Å². The van der Waals surface area contributed by atoms with Crippen LogP contribution in [0.3, 0.4) is 0 Å². The summed E-state index contributed by atoms with van der Waals surface area (Å²) >= 11 is 0. The van der Waals surface area contributed by atoms with Gasteiger partial charge in [-0.05, 0) is 32.6 Å². The first-order valence-corrected chi connectivity index (χ1v) is 6.62. The monoisotopic (exact) mass is 234 g/mol. The normalized spacial score (nSPS) is 11.4. The molecule has 0 aromatic heterocycles. The molecular weight excluding hydrogens is 208 g/mol. The van der Waals surface area contributed by atoms with Gasteiger partial charge in [-0.1, -0.05) is 43.7 Å². The minimum absolute atomic E-state index is 1.04. The lowest BCUT2D eigenvalue weighted by molar-refractivity contribution is 0.236. The Labute approximate surface area is 106 Å². The average molecular weight is 234 g/mol. The number of hydrogen-bond acceptors (Lipinski definition) is 2. The van der Waals surface area contributed by atoms with Crippen molar-refractivity contribution in [1.82, 2.24) is 9.80 Å². The van der Waals surface area contributed by atoms with E-state index in [1.54, 1.807) is 0 Å². The number of rotatable bonds is 7. The van der Waals surface area contributed by atoms with E-state index in [1.165, 1.54) is 11.1 Å². The van der Waals surface area contributed by atoms with Gasteiger partial charge < -0.3 is 9.80 Å². The van der Waals surface area contributed by atoms with Crippen molar-refractivity contribution in [3.8, 4) is 0 Å². The van der Waals surface area contributed by atoms with Crippen LogP contribution in [-0.2, 0) is 6.54 Å². The smallest absolute Gasteiger partial charge is 0.0231 e. The van der Waals surface area contributed by atoms with Crippen LogP contribution in [0.4, 0.5) is 0 Å². The molecule has 0 amide bonds. The lowest BCUT2D eigenvalue weighted by Crippen LogP contribution is -2.32. The van der Waals surface area contributed by atoms with Crippen molar-refractivity contribution in [3.63, 3.8) is 0 Å². The summed E-state index contributed by atoms with van der Waals surface area (Å²) < 4.78 is 0. The molecule has 17 heavy (non-hydrogen) atoms. The first-order valence-electron chi connectivity index (χ1n) is 6.62. The van der Waals surface area contributed by atoms with E-state index in [1.807, 2.05) is 0 Å². The molecule has 0 fully saturated rings. The first-order chi connectivity index (χ1) is 8.15. The molecule has 0 unspecified atom stereocenters. The summed E-state index contributed by atoms with van der Waals surface area (Å²) in [4.78, 5) is 4.86. The molecule has 0 heterocycles. The summed E-state index contributed by atoms with van der Waals surface area (Å²) in [5.41, 5.74) is 2.73. The van der Waals surface area contributed by atoms with E-state index in [-0.39, 0.29) is 0 Å². The Balaban J connectivity index is 2.34. The number of aryl methyl sites for hydroxylation is 1. The summed E-state index contributed by atoms with van der Waals surface area (Å²) in [6.07, 6.45) is 0. The molecule has 1 aromatic rings. The lowest BCUT2D eigenvalue weighted by atomic mass is 10.1. The van der Waals surface area contributed by atoms with Gasteiger partial charge in [-0.3, -0.25) is 0 Å². The van der Waals surface area contributed by atoms with Crippen molar-refractivity contribution in [2.45, 2.75) is 27.3 Å². The minimum atomic E-state index is 1.04. The van der Waals surface area contributed by atoms with Crippen molar-refractivity contribution in [2.24, 2.45) is 0 Å². The fourth-order valence-corrected chi connectivity index (χ4v) is 1.94. The molecule has 0 saturated carbocycles. The second-order valence-corrected chi connectivity index (χ2v) is 4.75. The van der Waals surface area contributed by atoms with Crippen LogP contribution >= 0.6 is 0 Å². The molecule has 1 aromatic carbocycles. The molecule has 0 saturated heterocycles. The second-order valence-electron chi connectivity index (χ2n) is 4.75. The maximum Gasteiger partial charge on any atom is 0.0231 e. The van der Waals surface area contributed by atoms with Gasteiger partial charge in [0.25, 0.3) is 0 Å². The van der Waals surface area contributed by atoms with Crippen molar-refractivity contribution < 1.29 is 0 Å². The topological polar surface area (TPSA) is 6.48 Å². The fraction of sp³-hybridized carbons (Fsp3) is 0.600. The zero-order valence-electron chi connectivity index (χ0n) is 11.7. The zero-order valence-corrected chi connectivity index (χ0v) is 11.7. The quantitative estimate of drug-likeness (QED) is 0.716. The molecule has 2 heteroatoms. The van der Waals surface area contributed by atoms with E-state index in [9.17, 15) is 0 Å². The molecular formula is C15H26N2. The summed E-state index contributed by atoms with van der Waals surface area (Å²) in [7, 11) is 2.20. The Hall–Kier alpha value is -0.860. The van der Waals surface area contributed by atoms with Gasteiger partial charge in [0.05, 0.1) is 0 Å². The van der Waals surface area contributed by atoms with Crippen molar-refractivity contribution in [2.75, 3.05) is 33.2 Å². The van der Waals surface area contributed by atoms with Crippen LogP contribution in [0.25, 0.3) is 0 Å². The lowest BCUT2D eigenvalue weighted by Gasteiger charge is -2.23. The van der Waals surface area contributed by atoms with E-state index < -0.39 is 0 Å². The third kappa shape index (κ3) is 5.33. The van der Waals surface area contributed by atoms with Crippen LogP contribution in [-0.4, -0.2) is 43.0 Å². The van der Waals surface area contributed by atoms with Gasteiger partial charge in [0.15, 0.2) is 0 Å². The van der Waals surface area contributed by atoms with Crippen LogP contribution in [0.5, 0.6) is 0 Å². The maximum atomic E-state index is 2.46. The van der Waals surface area contributed by atoms with Gasteiger partial charge in [0.1, 0.15) is 0 Å². The average Bonchev–Trinajstić information content (AvgIpc) is 2.33. The Morgan fingerprint density at radius 3 is 2.06 bits per heavy atom. The fourth-order valence-electron chi connectivity index (χ4n) is 1.94. The van der Waals surface area contributed by atoms with E-state index in [4.69, 9.17) is 0 Å². The molecule has 0 spiro atoms. The predicted molar refractivity (Wildman–Crippen MR) is 75.3 cm³/mol. The predicted octanol–water partition coefficient (Wildman–Crippen LogP) is 2.77. The molecule has 0 aliphatic rings. The molecule has 0 aliphatic carbocycles. The molecule has 2 nitrogen and oxygen atoms in total. The zero-order chi connectivity index (χ0) is 12.7. The van der Waals surface area contributed by atoms with E-state index in [0.29, 0.717) is 0 Å². The summed E-state index contributed by atoms with van der Waals surface area (Å²) in [5.74, 6) is 0. The molecule has 0 bridgehead atoms. The van der Waals surface area contributed by atoms with Gasteiger partial charge in [0, 0.05) is 19.6 Å². The van der Waals surface area contributed by atoms with Crippen molar-refractivity contribution >= 4 is 0 Å². The standard InChI is InChI=1S/C15H26N2/c1-5-17(6-2)12-11-16(4)13-15-9-7-14(3)8-10-15/h7-10H,5-6,11-13H2,1-4H3. The highest BCUT2D eigenvalue weighted by Crippen LogP contribution is 2.05. The molecule has 0 N–H and O–H groups in total. The van der Waals surface area contributed by atoms with Gasteiger partial charge in [-0.15, -0.1) is 0 Å². The van der Waals surface area contributed by atoms with Crippen LogP contribution < -0.4 is 0 Å². The third-order valence-electron chi connectivity index (χ3n) is 3.27. The van der Waals surface area contributed by atoms with E-state index >= 15 is 0 Å². The number of likely N-dealkylation sites (N-methyl/N-ethyl adjacent to an activating group) is 2. The van der Waals surface area contributed by atoms with Crippen LogP contribution in [0, 0.1) is 6.92 Å². The first kappa shape index (κ1) is 14.2.